The first-order valence-corrected chi connectivity index (χ1v) is 9.48. The van der Waals surface area contributed by atoms with E-state index in [9.17, 15) is 9.59 Å². The van der Waals surface area contributed by atoms with E-state index in [4.69, 9.17) is 0 Å². The van der Waals surface area contributed by atoms with Gasteiger partial charge in [0, 0.05) is 25.3 Å². The number of likely N-dealkylation sites (tertiary alicyclic amines) is 1. The smallest absolute Gasteiger partial charge is 0.278 e. The van der Waals surface area contributed by atoms with Crippen LogP contribution in [0.1, 0.15) is 38.3 Å². The van der Waals surface area contributed by atoms with Gasteiger partial charge in [-0.1, -0.05) is 18.7 Å². The van der Waals surface area contributed by atoms with Crippen LogP contribution in [0.25, 0.3) is 11.0 Å². The molecule has 6 nitrogen and oxygen atoms in total. The molecule has 1 aliphatic heterocycles. The van der Waals surface area contributed by atoms with Crippen molar-refractivity contribution in [1.82, 2.24) is 19.4 Å². The molecule has 1 aliphatic rings. The van der Waals surface area contributed by atoms with Crippen LogP contribution in [-0.4, -0.2) is 43.7 Å². The molecule has 1 amide bonds. The molecule has 0 saturated carbocycles. The molecule has 1 N–H and O–H groups in total. The third kappa shape index (κ3) is 3.22. The van der Waals surface area contributed by atoms with Crippen LogP contribution >= 0.6 is 11.8 Å². The molecule has 0 unspecified atom stereocenters. The quantitative estimate of drug-likeness (QED) is 0.680. The number of aromatic nitrogens is 3. The molecule has 2 aromatic heterocycles. The fourth-order valence-electron chi connectivity index (χ4n) is 3.35. The molecule has 0 radical (unpaired) electrons. The van der Waals surface area contributed by atoms with Crippen LogP contribution in [-0.2, 0) is 11.8 Å². The van der Waals surface area contributed by atoms with Crippen molar-refractivity contribution in [3.8, 4) is 0 Å². The van der Waals surface area contributed by atoms with Crippen LogP contribution in [0.2, 0.25) is 0 Å². The predicted octanol–water partition coefficient (Wildman–Crippen LogP) is 2.45. The zero-order valence-electron chi connectivity index (χ0n) is 14.5. The number of thioether (sulfide) groups is 1. The summed E-state index contributed by atoms with van der Waals surface area (Å²) < 4.78 is 1.52. The minimum atomic E-state index is -0.104. The van der Waals surface area contributed by atoms with Gasteiger partial charge in [-0.3, -0.25) is 14.2 Å². The molecule has 3 rings (SSSR count). The van der Waals surface area contributed by atoms with Crippen LogP contribution in [0.3, 0.4) is 0 Å². The van der Waals surface area contributed by atoms with Crippen LogP contribution in [0.5, 0.6) is 0 Å². The maximum absolute atomic E-state index is 12.6. The fourth-order valence-corrected chi connectivity index (χ4v) is 4.21. The van der Waals surface area contributed by atoms with Gasteiger partial charge in [-0.25, -0.2) is 4.98 Å². The van der Waals surface area contributed by atoms with Crippen molar-refractivity contribution >= 4 is 28.7 Å². The lowest BCUT2D eigenvalue weighted by Crippen LogP contribution is -2.44. The SMILES string of the molecule is CC[C@H]1CCCCN1C(=O)CSc1nc2cc(C)[nH]c2c(=O)n1C. The molecule has 3 heterocycles. The van der Waals surface area contributed by atoms with Crippen molar-refractivity contribution in [1.29, 1.82) is 0 Å². The summed E-state index contributed by atoms with van der Waals surface area (Å²) in [6.45, 7) is 4.88. The molecule has 1 atom stereocenters. The first-order chi connectivity index (χ1) is 11.5. The number of aryl methyl sites for hydroxylation is 1. The van der Waals surface area contributed by atoms with Gasteiger partial charge in [0.15, 0.2) is 5.16 Å². The largest absolute Gasteiger partial charge is 0.353 e. The number of aromatic amines is 1. The van der Waals surface area contributed by atoms with Crippen molar-refractivity contribution in [3.63, 3.8) is 0 Å². The summed E-state index contributed by atoms with van der Waals surface area (Å²) in [7, 11) is 1.70. The number of hydrogen-bond donors (Lipinski definition) is 1. The molecule has 1 saturated heterocycles. The highest BCUT2D eigenvalue weighted by Crippen LogP contribution is 2.23. The molecule has 0 spiro atoms. The van der Waals surface area contributed by atoms with E-state index >= 15 is 0 Å². The number of rotatable bonds is 4. The molecular weight excluding hydrogens is 324 g/mol. The van der Waals surface area contributed by atoms with Gasteiger partial charge in [0.05, 0.1) is 11.3 Å². The Bertz CT molecular complexity index is 811. The topological polar surface area (TPSA) is 71.0 Å². The number of nitrogens with one attached hydrogen (secondary N) is 1. The fraction of sp³-hybridized carbons (Fsp3) is 0.588. The number of carbonyl (C=O) groups is 1. The Labute approximate surface area is 145 Å². The second-order valence-corrected chi connectivity index (χ2v) is 7.35. The lowest BCUT2D eigenvalue weighted by atomic mass is 10.0. The first-order valence-electron chi connectivity index (χ1n) is 8.50. The molecule has 0 aromatic carbocycles. The minimum Gasteiger partial charge on any atom is -0.353 e. The van der Waals surface area contributed by atoms with E-state index in [1.54, 1.807) is 7.05 Å². The van der Waals surface area contributed by atoms with E-state index in [-0.39, 0.29) is 11.5 Å². The number of carbonyl (C=O) groups excluding carboxylic acids is 1. The van der Waals surface area contributed by atoms with Crippen LogP contribution in [0.15, 0.2) is 16.0 Å². The normalized spacial score (nSPS) is 18.3. The predicted molar refractivity (Wildman–Crippen MR) is 96.4 cm³/mol. The second-order valence-electron chi connectivity index (χ2n) is 6.40. The summed E-state index contributed by atoms with van der Waals surface area (Å²) in [4.78, 5) is 34.6. The van der Waals surface area contributed by atoms with Crippen LogP contribution < -0.4 is 5.56 Å². The van der Waals surface area contributed by atoms with Gasteiger partial charge in [-0.2, -0.15) is 0 Å². The second kappa shape index (κ2) is 7.01. The van der Waals surface area contributed by atoms with E-state index in [0.717, 1.165) is 31.5 Å². The third-order valence-electron chi connectivity index (χ3n) is 4.70. The third-order valence-corrected chi connectivity index (χ3v) is 5.71. The summed E-state index contributed by atoms with van der Waals surface area (Å²) in [5.41, 5.74) is 1.99. The van der Waals surface area contributed by atoms with Crippen molar-refractivity contribution in [2.75, 3.05) is 12.3 Å². The van der Waals surface area contributed by atoms with Gasteiger partial charge < -0.3 is 9.88 Å². The molecule has 130 valence electrons. The summed E-state index contributed by atoms with van der Waals surface area (Å²) in [5, 5.41) is 0.588. The van der Waals surface area contributed by atoms with Gasteiger partial charge in [0.1, 0.15) is 5.52 Å². The highest BCUT2D eigenvalue weighted by molar-refractivity contribution is 7.99. The Balaban J connectivity index is 1.76. The Kier molecular flexibility index (Phi) is 4.99. The summed E-state index contributed by atoms with van der Waals surface area (Å²) >= 11 is 1.35. The van der Waals surface area contributed by atoms with Crippen molar-refractivity contribution in [3.05, 3.63) is 22.1 Å². The number of piperidine rings is 1. The van der Waals surface area contributed by atoms with Gasteiger partial charge >= 0.3 is 0 Å². The maximum atomic E-state index is 12.6. The summed E-state index contributed by atoms with van der Waals surface area (Å²) in [6.07, 6.45) is 4.38. The molecular formula is C17H24N4O2S. The van der Waals surface area contributed by atoms with Crippen molar-refractivity contribution in [2.24, 2.45) is 7.05 Å². The lowest BCUT2D eigenvalue weighted by Gasteiger charge is -2.35. The van der Waals surface area contributed by atoms with Crippen LogP contribution in [0, 0.1) is 6.92 Å². The van der Waals surface area contributed by atoms with E-state index in [1.165, 1.54) is 22.7 Å². The lowest BCUT2D eigenvalue weighted by molar-refractivity contribution is -0.132. The number of hydrogen-bond acceptors (Lipinski definition) is 4. The van der Waals surface area contributed by atoms with E-state index in [2.05, 4.69) is 16.9 Å². The number of H-pyrrole nitrogens is 1. The Hall–Kier alpha value is -1.76. The highest BCUT2D eigenvalue weighted by Gasteiger charge is 2.25. The zero-order chi connectivity index (χ0) is 17.3. The zero-order valence-corrected chi connectivity index (χ0v) is 15.3. The minimum absolute atomic E-state index is 0.104. The summed E-state index contributed by atoms with van der Waals surface area (Å²) in [6, 6.07) is 2.22. The van der Waals surface area contributed by atoms with E-state index in [1.807, 2.05) is 17.9 Å². The maximum Gasteiger partial charge on any atom is 0.278 e. The van der Waals surface area contributed by atoms with Gasteiger partial charge in [-0.05, 0) is 38.7 Å². The van der Waals surface area contributed by atoms with Gasteiger partial charge in [-0.15, -0.1) is 0 Å². The Morgan fingerprint density at radius 3 is 3.00 bits per heavy atom. The first kappa shape index (κ1) is 17.1. The Morgan fingerprint density at radius 1 is 1.46 bits per heavy atom. The van der Waals surface area contributed by atoms with Crippen molar-refractivity contribution < 1.29 is 4.79 Å². The Morgan fingerprint density at radius 2 is 2.25 bits per heavy atom. The summed E-state index contributed by atoms with van der Waals surface area (Å²) in [5.74, 6) is 0.470. The average molecular weight is 348 g/mol. The molecule has 2 aromatic rings. The molecule has 7 heteroatoms. The average Bonchev–Trinajstić information content (AvgIpc) is 2.97. The standard InChI is InChI=1S/C17H24N4O2S/c1-4-12-7-5-6-8-21(12)14(22)10-24-17-19-13-9-11(2)18-15(13)16(23)20(17)3/h9,12,18H,4-8,10H2,1-3H3/t12-/m0/s1. The van der Waals surface area contributed by atoms with Gasteiger partial charge in [0.25, 0.3) is 5.56 Å². The van der Waals surface area contributed by atoms with E-state index in [0.29, 0.717) is 28.0 Å². The monoisotopic (exact) mass is 348 g/mol. The molecule has 0 aliphatic carbocycles. The van der Waals surface area contributed by atoms with Gasteiger partial charge in [0.2, 0.25) is 5.91 Å². The van der Waals surface area contributed by atoms with Crippen LogP contribution in [0.4, 0.5) is 0 Å². The van der Waals surface area contributed by atoms with Crippen molar-refractivity contribution in [2.45, 2.75) is 50.7 Å². The molecule has 0 bridgehead atoms. The molecule has 24 heavy (non-hydrogen) atoms. The number of fused-ring (bicyclic) bond motifs is 1. The number of nitrogens with zero attached hydrogens (tertiary/aromatic N) is 3. The number of amides is 1. The highest BCUT2D eigenvalue weighted by atomic mass is 32.2. The van der Waals surface area contributed by atoms with E-state index < -0.39 is 0 Å². The molecule has 1 fully saturated rings.